The lowest BCUT2D eigenvalue weighted by atomic mass is 9.96. The van der Waals surface area contributed by atoms with Gasteiger partial charge < -0.3 is 15.8 Å². The maximum atomic E-state index is 11.9. The van der Waals surface area contributed by atoms with E-state index in [0.717, 1.165) is 31.6 Å². The highest BCUT2D eigenvalue weighted by Gasteiger charge is 2.25. The highest BCUT2D eigenvalue weighted by molar-refractivity contribution is 5.67. The molecule has 1 aromatic carbocycles. The fourth-order valence-electron chi connectivity index (χ4n) is 2.86. The fraction of sp³-hybridized carbons (Fsp3) is 0.562. The third-order valence-electron chi connectivity index (χ3n) is 3.72. The van der Waals surface area contributed by atoms with Crippen molar-refractivity contribution in [3.05, 3.63) is 35.9 Å². The van der Waals surface area contributed by atoms with Gasteiger partial charge in [-0.25, -0.2) is 4.79 Å². The van der Waals surface area contributed by atoms with E-state index in [1.807, 2.05) is 30.3 Å². The summed E-state index contributed by atoms with van der Waals surface area (Å²) in [6.45, 7) is 5.93. The van der Waals surface area contributed by atoms with Crippen LogP contribution in [0, 0.1) is 5.92 Å². The summed E-state index contributed by atoms with van der Waals surface area (Å²) in [5.74, 6) is 0.560. The lowest BCUT2D eigenvalue weighted by molar-refractivity contribution is 0.115. The molecule has 2 unspecified atom stereocenters. The Morgan fingerprint density at radius 1 is 1.38 bits per heavy atom. The molecule has 3 N–H and O–H groups in total. The van der Waals surface area contributed by atoms with Gasteiger partial charge in [-0.15, -0.1) is 0 Å². The third kappa shape index (κ3) is 5.36. The minimum Gasteiger partial charge on any atom is -0.445 e. The molecule has 0 aliphatic carbocycles. The topological polar surface area (TPSA) is 67.6 Å². The second kappa shape index (κ2) is 8.00. The van der Waals surface area contributed by atoms with Crippen molar-refractivity contribution in [1.29, 1.82) is 0 Å². The number of rotatable bonds is 5. The maximum absolute atomic E-state index is 11.9. The molecule has 1 aliphatic rings. The molecule has 2 atom stereocenters. The molecule has 116 valence electrons. The van der Waals surface area contributed by atoms with Crippen molar-refractivity contribution in [2.45, 2.75) is 26.0 Å². The minimum atomic E-state index is -0.342. The summed E-state index contributed by atoms with van der Waals surface area (Å²) >= 11 is 0. The standard InChI is InChI=1S/C16H25N3O2/c1-13-9-15(11-19(10-13)8-7-17)18-16(20)21-12-14-5-3-2-4-6-14/h2-6,13,15H,7-12,17H2,1H3,(H,18,20). The highest BCUT2D eigenvalue weighted by atomic mass is 16.5. The summed E-state index contributed by atoms with van der Waals surface area (Å²) in [6, 6.07) is 9.84. The Bertz CT molecular complexity index is 438. The van der Waals surface area contributed by atoms with Crippen LogP contribution in [-0.4, -0.2) is 43.2 Å². The molecule has 5 heteroatoms. The molecule has 1 fully saturated rings. The van der Waals surface area contributed by atoms with Gasteiger partial charge in [0.25, 0.3) is 0 Å². The van der Waals surface area contributed by atoms with Crippen LogP contribution in [0.25, 0.3) is 0 Å². The number of carbonyl (C=O) groups is 1. The second-order valence-corrected chi connectivity index (χ2v) is 5.79. The van der Waals surface area contributed by atoms with Crippen LogP contribution >= 0.6 is 0 Å². The number of piperidine rings is 1. The summed E-state index contributed by atoms with van der Waals surface area (Å²) in [6.07, 6.45) is 0.646. The number of amides is 1. The Kier molecular flexibility index (Phi) is 6.02. The van der Waals surface area contributed by atoms with Crippen molar-refractivity contribution in [2.75, 3.05) is 26.2 Å². The van der Waals surface area contributed by atoms with E-state index < -0.39 is 0 Å². The summed E-state index contributed by atoms with van der Waals surface area (Å²) in [4.78, 5) is 14.2. The van der Waals surface area contributed by atoms with E-state index in [4.69, 9.17) is 10.5 Å². The first-order valence-electron chi connectivity index (χ1n) is 7.57. The Balaban J connectivity index is 1.76. The molecular formula is C16H25N3O2. The number of benzene rings is 1. The number of alkyl carbamates (subject to hydrolysis) is 1. The average Bonchev–Trinajstić information content (AvgIpc) is 2.46. The van der Waals surface area contributed by atoms with Gasteiger partial charge >= 0.3 is 6.09 Å². The molecule has 21 heavy (non-hydrogen) atoms. The van der Waals surface area contributed by atoms with Gasteiger partial charge in [-0.2, -0.15) is 0 Å². The zero-order valence-electron chi connectivity index (χ0n) is 12.6. The summed E-state index contributed by atoms with van der Waals surface area (Å²) in [5.41, 5.74) is 6.60. The lowest BCUT2D eigenvalue weighted by Gasteiger charge is -2.36. The Hall–Kier alpha value is -1.59. The van der Waals surface area contributed by atoms with E-state index in [2.05, 4.69) is 17.1 Å². The first-order valence-corrected chi connectivity index (χ1v) is 7.57. The Morgan fingerprint density at radius 2 is 2.14 bits per heavy atom. The van der Waals surface area contributed by atoms with E-state index in [0.29, 0.717) is 19.1 Å². The van der Waals surface area contributed by atoms with Gasteiger partial charge in [-0.3, -0.25) is 4.90 Å². The summed E-state index contributed by atoms with van der Waals surface area (Å²) < 4.78 is 5.27. The number of nitrogens with zero attached hydrogens (tertiary/aromatic N) is 1. The van der Waals surface area contributed by atoms with E-state index in [9.17, 15) is 4.79 Å². The van der Waals surface area contributed by atoms with Gasteiger partial charge in [-0.1, -0.05) is 37.3 Å². The first kappa shape index (κ1) is 15.8. The number of hydrogen-bond acceptors (Lipinski definition) is 4. The van der Waals surface area contributed by atoms with Gasteiger partial charge in [-0.05, 0) is 17.9 Å². The quantitative estimate of drug-likeness (QED) is 0.864. The molecule has 2 rings (SSSR count). The van der Waals surface area contributed by atoms with Gasteiger partial charge in [0.2, 0.25) is 0 Å². The molecule has 0 radical (unpaired) electrons. The highest BCUT2D eigenvalue weighted by Crippen LogP contribution is 2.16. The Labute approximate surface area is 126 Å². The molecular weight excluding hydrogens is 266 g/mol. The molecule has 5 nitrogen and oxygen atoms in total. The molecule has 1 heterocycles. The molecule has 0 spiro atoms. The van der Waals surface area contributed by atoms with Crippen LogP contribution < -0.4 is 11.1 Å². The van der Waals surface area contributed by atoms with Crippen molar-refractivity contribution < 1.29 is 9.53 Å². The number of likely N-dealkylation sites (tertiary alicyclic amines) is 1. The number of ether oxygens (including phenoxy) is 1. The van der Waals surface area contributed by atoms with Gasteiger partial charge in [0.15, 0.2) is 0 Å². The van der Waals surface area contributed by atoms with Gasteiger partial charge in [0.05, 0.1) is 0 Å². The van der Waals surface area contributed by atoms with Crippen molar-refractivity contribution >= 4 is 6.09 Å². The molecule has 1 aliphatic heterocycles. The summed E-state index contributed by atoms with van der Waals surface area (Å²) in [5, 5.41) is 2.96. The molecule has 1 saturated heterocycles. The van der Waals surface area contributed by atoms with Crippen LogP contribution in [0.4, 0.5) is 4.79 Å². The van der Waals surface area contributed by atoms with E-state index in [1.54, 1.807) is 0 Å². The zero-order chi connectivity index (χ0) is 15.1. The normalized spacial score (nSPS) is 22.8. The molecule has 1 amide bonds. The van der Waals surface area contributed by atoms with Crippen LogP contribution in [-0.2, 0) is 11.3 Å². The molecule has 1 aromatic rings. The van der Waals surface area contributed by atoms with Gasteiger partial charge in [0.1, 0.15) is 6.61 Å². The third-order valence-corrected chi connectivity index (χ3v) is 3.72. The first-order chi connectivity index (χ1) is 10.2. The summed E-state index contributed by atoms with van der Waals surface area (Å²) in [7, 11) is 0. The van der Waals surface area contributed by atoms with Crippen LogP contribution in [0.1, 0.15) is 18.9 Å². The smallest absolute Gasteiger partial charge is 0.407 e. The van der Waals surface area contributed by atoms with Crippen molar-refractivity contribution in [1.82, 2.24) is 10.2 Å². The van der Waals surface area contributed by atoms with Crippen molar-refractivity contribution in [3.63, 3.8) is 0 Å². The molecule has 0 aromatic heterocycles. The maximum Gasteiger partial charge on any atom is 0.407 e. The Morgan fingerprint density at radius 3 is 2.86 bits per heavy atom. The average molecular weight is 291 g/mol. The SMILES string of the molecule is CC1CC(NC(=O)OCc2ccccc2)CN(CCN)C1. The van der Waals surface area contributed by atoms with Crippen molar-refractivity contribution in [2.24, 2.45) is 11.7 Å². The van der Waals surface area contributed by atoms with Crippen LogP contribution in [0.3, 0.4) is 0 Å². The second-order valence-electron chi connectivity index (χ2n) is 5.79. The van der Waals surface area contributed by atoms with Crippen LogP contribution in [0.5, 0.6) is 0 Å². The predicted octanol–water partition coefficient (Wildman–Crippen LogP) is 1.58. The lowest BCUT2D eigenvalue weighted by Crippen LogP contribution is -2.51. The largest absolute Gasteiger partial charge is 0.445 e. The minimum absolute atomic E-state index is 0.142. The van der Waals surface area contributed by atoms with Gasteiger partial charge in [0, 0.05) is 32.2 Å². The van der Waals surface area contributed by atoms with E-state index in [1.165, 1.54) is 0 Å². The van der Waals surface area contributed by atoms with Crippen LogP contribution in [0.15, 0.2) is 30.3 Å². The molecule has 0 saturated carbocycles. The predicted molar refractivity (Wildman–Crippen MR) is 82.8 cm³/mol. The van der Waals surface area contributed by atoms with E-state index >= 15 is 0 Å². The zero-order valence-corrected chi connectivity index (χ0v) is 12.6. The molecule has 0 bridgehead atoms. The number of carbonyl (C=O) groups excluding carboxylic acids is 1. The number of nitrogens with two attached hydrogens (primary N) is 1. The number of hydrogen-bond donors (Lipinski definition) is 2. The monoisotopic (exact) mass is 291 g/mol. The van der Waals surface area contributed by atoms with Crippen LogP contribution in [0.2, 0.25) is 0 Å². The van der Waals surface area contributed by atoms with E-state index in [-0.39, 0.29) is 12.1 Å². The van der Waals surface area contributed by atoms with Crippen molar-refractivity contribution in [3.8, 4) is 0 Å². The number of nitrogens with one attached hydrogen (secondary N) is 1. The fourth-order valence-corrected chi connectivity index (χ4v) is 2.86.